The lowest BCUT2D eigenvalue weighted by Crippen LogP contribution is -1.98. The normalized spacial score (nSPS) is 10.3. The van der Waals surface area contributed by atoms with Gasteiger partial charge in [0, 0.05) is 11.1 Å². The van der Waals surface area contributed by atoms with E-state index in [0.717, 1.165) is 6.07 Å². The monoisotopic (exact) mass is 280 g/mol. The van der Waals surface area contributed by atoms with Crippen LogP contribution in [-0.2, 0) is 5.88 Å². The van der Waals surface area contributed by atoms with Gasteiger partial charge in [-0.3, -0.25) is 0 Å². The predicted octanol–water partition coefficient (Wildman–Crippen LogP) is 3.39. The first-order valence-electron chi connectivity index (χ1n) is 3.53. The Labute approximate surface area is 92.6 Å². The van der Waals surface area contributed by atoms with E-state index in [0.29, 0.717) is 0 Å². The van der Waals surface area contributed by atoms with E-state index >= 15 is 0 Å². The van der Waals surface area contributed by atoms with Crippen LogP contribution in [0.1, 0.15) is 23.2 Å². The minimum absolute atomic E-state index is 0.0546. The van der Waals surface area contributed by atoms with Crippen molar-refractivity contribution in [3.63, 3.8) is 0 Å². The van der Waals surface area contributed by atoms with Gasteiger partial charge < -0.3 is 0 Å². The van der Waals surface area contributed by atoms with Gasteiger partial charge in [0.1, 0.15) is 16.4 Å². The number of hydrogen-bond donors (Lipinski definition) is 0. The second-order valence-electron chi connectivity index (χ2n) is 2.41. The van der Waals surface area contributed by atoms with Crippen LogP contribution in [0.25, 0.3) is 0 Å². The van der Waals surface area contributed by atoms with E-state index in [-0.39, 0.29) is 27.3 Å². The van der Waals surface area contributed by atoms with Gasteiger partial charge >= 0.3 is 0 Å². The SMILES string of the molecule is N#Cc1cc(C(F)F)c(CCl)c(Br)n1. The van der Waals surface area contributed by atoms with Gasteiger partial charge in [-0.05, 0) is 22.0 Å². The second-order valence-corrected chi connectivity index (χ2v) is 3.43. The van der Waals surface area contributed by atoms with Crippen molar-refractivity contribution in [1.82, 2.24) is 4.98 Å². The summed E-state index contributed by atoms with van der Waals surface area (Å²) in [6, 6.07) is 2.75. The van der Waals surface area contributed by atoms with E-state index in [9.17, 15) is 8.78 Å². The van der Waals surface area contributed by atoms with Gasteiger partial charge in [-0.15, -0.1) is 11.6 Å². The van der Waals surface area contributed by atoms with Crippen molar-refractivity contribution < 1.29 is 8.78 Å². The third-order valence-electron chi connectivity index (χ3n) is 1.59. The summed E-state index contributed by atoms with van der Waals surface area (Å²) in [4.78, 5) is 3.74. The summed E-state index contributed by atoms with van der Waals surface area (Å²) in [5.41, 5.74) is -0.0832. The highest BCUT2D eigenvalue weighted by molar-refractivity contribution is 9.10. The molecule has 0 saturated carbocycles. The fourth-order valence-electron chi connectivity index (χ4n) is 0.943. The number of alkyl halides is 3. The number of nitriles is 1. The van der Waals surface area contributed by atoms with Gasteiger partial charge in [-0.25, -0.2) is 13.8 Å². The summed E-state index contributed by atoms with van der Waals surface area (Å²) in [5.74, 6) is -0.0705. The van der Waals surface area contributed by atoms with Crippen LogP contribution in [0, 0.1) is 11.3 Å². The van der Waals surface area contributed by atoms with Gasteiger partial charge in [-0.2, -0.15) is 5.26 Å². The number of pyridine rings is 1. The molecule has 0 unspecified atom stereocenters. The largest absolute Gasteiger partial charge is 0.264 e. The highest BCUT2D eigenvalue weighted by Gasteiger charge is 2.17. The van der Waals surface area contributed by atoms with Crippen LogP contribution in [0.4, 0.5) is 8.78 Å². The highest BCUT2D eigenvalue weighted by Crippen LogP contribution is 2.29. The van der Waals surface area contributed by atoms with Gasteiger partial charge in [0.05, 0.1) is 5.88 Å². The maximum Gasteiger partial charge on any atom is 0.264 e. The zero-order valence-corrected chi connectivity index (χ0v) is 9.11. The molecule has 0 aliphatic rings. The van der Waals surface area contributed by atoms with Crippen LogP contribution in [-0.4, -0.2) is 4.98 Å². The van der Waals surface area contributed by atoms with E-state index < -0.39 is 6.43 Å². The third kappa shape index (κ3) is 2.20. The molecule has 1 aromatic heterocycles. The quantitative estimate of drug-likeness (QED) is 0.615. The Bertz CT molecular complexity index is 390. The first kappa shape index (κ1) is 11.3. The molecule has 6 heteroatoms. The van der Waals surface area contributed by atoms with Crippen LogP contribution in [0.3, 0.4) is 0 Å². The molecule has 0 N–H and O–H groups in total. The Morgan fingerprint density at radius 3 is 2.71 bits per heavy atom. The molecule has 0 amide bonds. The van der Waals surface area contributed by atoms with Crippen molar-refractivity contribution in [3.8, 4) is 6.07 Å². The maximum atomic E-state index is 12.5. The Hall–Kier alpha value is -0.730. The average molecular weight is 281 g/mol. The molecule has 0 aliphatic carbocycles. The molecule has 0 saturated heterocycles. The van der Waals surface area contributed by atoms with Crippen molar-refractivity contribution in [2.24, 2.45) is 0 Å². The smallest absolute Gasteiger partial charge is 0.230 e. The lowest BCUT2D eigenvalue weighted by molar-refractivity contribution is 0.150. The van der Waals surface area contributed by atoms with Crippen LogP contribution < -0.4 is 0 Å². The molecule has 0 aliphatic heterocycles. The summed E-state index contributed by atoms with van der Waals surface area (Å²) < 4.78 is 25.2. The van der Waals surface area contributed by atoms with Gasteiger partial charge in [-0.1, -0.05) is 0 Å². The number of halogens is 4. The molecule has 0 aromatic carbocycles. The molecule has 0 fully saturated rings. The summed E-state index contributed by atoms with van der Waals surface area (Å²) in [6.07, 6.45) is -2.66. The molecule has 1 rings (SSSR count). The Balaban J connectivity index is 3.37. The average Bonchev–Trinajstić information content (AvgIpc) is 2.16. The topological polar surface area (TPSA) is 36.7 Å². The molecule has 0 radical (unpaired) electrons. The molecule has 74 valence electrons. The first-order valence-corrected chi connectivity index (χ1v) is 4.86. The third-order valence-corrected chi connectivity index (χ3v) is 2.51. The standard InChI is InChI=1S/C8H4BrClF2N2/c9-7-6(2-10)5(8(11)12)1-4(3-13)14-7/h1,8H,2H2. The second kappa shape index (κ2) is 4.67. The molecule has 0 bridgehead atoms. The lowest BCUT2D eigenvalue weighted by atomic mass is 10.1. The molecule has 1 heterocycles. The summed E-state index contributed by atoms with van der Waals surface area (Å²) in [5, 5.41) is 8.52. The van der Waals surface area contributed by atoms with E-state index in [1.807, 2.05) is 0 Å². The molecular weight excluding hydrogens is 277 g/mol. The highest BCUT2D eigenvalue weighted by atomic mass is 79.9. The summed E-state index contributed by atoms with van der Waals surface area (Å²) in [7, 11) is 0. The molecule has 14 heavy (non-hydrogen) atoms. The van der Waals surface area contributed by atoms with Crippen LogP contribution >= 0.6 is 27.5 Å². The summed E-state index contributed by atoms with van der Waals surface area (Å²) >= 11 is 8.48. The number of rotatable bonds is 2. The Morgan fingerprint density at radius 2 is 2.29 bits per heavy atom. The van der Waals surface area contributed by atoms with Crippen molar-refractivity contribution >= 4 is 27.5 Å². The van der Waals surface area contributed by atoms with Gasteiger partial charge in [0.15, 0.2) is 0 Å². The van der Waals surface area contributed by atoms with Crippen molar-refractivity contribution in [2.75, 3.05) is 0 Å². The van der Waals surface area contributed by atoms with Crippen molar-refractivity contribution in [1.29, 1.82) is 5.26 Å². The van der Waals surface area contributed by atoms with E-state index in [4.69, 9.17) is 16.9 Å². The van der Waals surface area contributed by atoms with Crippen LogP contribution in [0.5, 0.6) is 0 Å². The molecule has 1 aromatic rings. The van der Waals surface area contributed by atoms with Crippen LogP contribution in [0.15, 0.2) is 10.7 Å². The first-order chi connectivity index (χ1) is 6.60. The Morgan fingerprint density at radius 1 is 1.64 bits per heavy atom. The molecule has 0 spiro atoms. The zero-order chi connectivity index (χ0) is 10.7. The Kier molecular flexibility index (Phi) is 3.78. The van der Waals surface area contributed by atoms with Gasteiger partial charge in [0.2, 0.25) is 0 Å². The fraction of sp³-hybridized carbons (Fsp3) is 0.250. The van der Waals surface area contributed by atoms with E-state index in [1.165, 1.54) is 0 Å². The fourth-order valence-corrected chi connectivity index (χ4v) is 1.95. The van der Waals surface area contributed by atoms with Crippen LogP contribution in [0.2, 0.25) is 0 Å². The predicted molar refractivity (Wildman–Crippen MR) is 51.2 cm³/mol. The lowest BCUT2D eigenvalue weighted by Gasteiger charge is -2.07. The van der Waals surface area contributed by atoms with E-state index in [2.05, 4.69) is 20.9 Å². The van der Waals surface area contributed by atoms with Crippen molar-refractivity contribution in [3.05, 3.63) is 27.5 Å². The number of nitrogens with zero attached hydrogens (tertiary/aromatic N) is 2. The maximum absolute atomic E-state index is 12.5. The molecular formula is C8H4BrClF2N2. The molecule has 0 atom stereocenters. The summed E-state index contributed by atoms with van der Waals surface area (Å²) in [6.45, 7) is 0. The van der Waals surface area contributed by atoms with Gasteiger partial charge in [0.25, 0.3) is 6.43 Å². The molecule has 2 nitrogen and oxygen atoms in total. The number of hydrogen-bond acceptors (Lipinski definition) is 2. The number of aromatic nitrogens is 1. The minimum Gasteiger partial charge on any atom is -0.230 e. The minimum atomic E-state index is -2.66. The van der Waals surface area contributed by atoms with E-state index in [1.54, 1.807) is 6.07 Å². The van der Waals surface area contributed by atoms with Crippen molar-refractivity contribution in [2.45, 2.75) is 12.3 Å². The zero-order valence-electron chi connectivity index (χ0n) is 6.77.